The van der Waals surface area contributed by atoms with Gasteiger partial charge in [-0.25, -0.2) is 9.97 Å². The first-order chi connectivity index (χ1) is 12.2. The van der Waals surface area contributed by atoms with Crippen molar-refractivity contribution in [2.45, 2.75) is 6.92 Å². The summed E-state index contributed by atoms with van der Waals surface area (Å²) in [5, 5.41) is 10.6. The Hall–Kier alpha value is -3.13. The van der Waals surface area contributed by atoms with Crippen molar-refractivity contribution in [1.29, 1.82) is 0 Å². The third kappa shape index (κ3) is 2.22. The van der Waals surface area contributed by atoms with E-state index >= 15 is 0 Å². The number of fused-ring (bicyclic) bond motifs is 2. The van der Waals surface area contributed by atoms with Crippen LogP contribution in [-0.4, -0.2) is 34.3 Å². The molecule has 0 aliphatic rings. The average molecular weight is 347 g/mol. The minimum absolute atomic E-state index is 0.619. The van der Waals surface area contributed by atoms with Crippen molar-refractivity contribution in [2.75, 3.05) is 0 Å². The van der Waals surface area contributed by atoms with E-state index in [0.717, 1.165) is 38.9 Å². The zero-order valence-corrected chi connectivity index (χ0v) is 14.4. The summed E-state index contributed by atoms with van der Waals surface area (Å²) in [5.41, 5.74) is 5.73. The molecule has 5 rings (SSSR count). The van der Waals surface area contributed by atoms with Crippen molar-refractivity contribution in [3.63, 3.8) is 0 Å². The van der Waals surface area contributed by atoms with E-state index in [1.807, 2.05) is 48.8 Å². The Morgan fingerprint density at radius 3 is 2.76 bits per heavy atom. The van der Waals surface area contributed by atoms with E-state index in [1.54, 1.807) is 18.4 Å². The number of nitrogens with zero attached hydrogens (tertiary/aromatic N) is 7. The molecule has 0 radical (unpaired) electrons. The maximum absolute atomic E-state index is 4.78. The fourth-order valence-corrected chi connectivity index (χ4v) is 3.64. The first-order valence-electron chi connectivity index (χ1n) is 7.77. The van der Waals surface area contributed by atoms with Gasteiger partial charge in [0.05, 0.1) is 11.4 Å². The Kier molecular flexibility index (Phi) is 2.95. The van der Waals surface area contributed by atoms with Crippen LogP contribution in [0.1, 0.15) is 5.69 Å². The highest BCUT2D eigenvalue weighted by atomic mass is 32.1. The zero-order chi connectivity index (χ0) is 17.0. The van der Waals surface area contributed by atoms with E-state index in [2.05, 4.69) is 19.6 Å². The van der Waals surface area contributed by atoms with Crippen LogP contribution in [0.25, 0.3) is 38.9 Å². The van der Waals surface area contributed by atoms with Gasteiger partial charge in [-0.05, 0) is 31.2 Å². The minimum atomic E-state index is 0.619. The van der Waals surface area contributed by atoms with Crippen molar-refractivity contribution < 1.29 is 0 Å². The van der Waals surface area contributed by atoms with Crippen LogP contribution in [0.4, 0.5) is 0 Å². The molecule has 0 bridgehead atoms. The highest BCUT2D eigenvalue weighted by Crippen LogP contribution is 2.33. The summed E-state index contributed by atoms with van der Waals surface area (Å²) in [4.78, 5) is 16.6. The number of imidazole rings is 1. The molecule has 0 fully saturated rings. The van der Waals surface area contributed by atoms with Crippen molar-refractivity contribution in [3.05, 3.63) is 47.6 Å². The quantitative estimate of drug-likeness (QED) is 0.490. The molecular formula is C17H13N7S. The van der Waals surface area contributed by atoms with Gasteiger partial charge in [0.25, 0.3) is 0 Å². The zero-order valence-electron chi connectivity index (χ0n) is 13.6. The van der Waals surface area contributed by atoms with Gasteiger partial charge in [-0.3, -0.25) is 9.38 Å². The molecule has 5 aromatic rings. The van der Waals surface area contributed by atoms with Crippen molar-refractivity contribution in [3.8, 4) is 22.8 Å². The third-order valence-electron chi connectivity index (χ3n) is 3.98. The Labute approximate surface area is 146 Å². The molecule has 0 saturated heterocycles. The average Bonchev–Trinajstić information content (AvgIpc) is 3.26. The molecule has 0 atom stereocenters. The Morgan fingerprint density at radius 2 is 1.88 bits per heavy atom. The molecule has 0 unspecified atom stereocenters. The van der Waals surface area contributed by atoms with Crippen LogP contribution in [0.3, 0.4) is 0 Å². The first kappa shape index (κ1) is 14.2. The molecule has 122 valence electrons. The minimum Gasteiger partial charge on any atom is -0.288 e. The van der Waals surface area contributed by atoms with Gasteiger partial charge in [-0.2, -0.15) is 9.90 Å². The van der Waals surface area contributed by atoms with Gasteiger partial charge in [0, 0.05) is 24.3 Å². The lowest BCUT2D eigenvalue weighted by atomic mass is 10.1. The van der Waals surface area contributed by atoms with Crippen molar-refractivity contribution in [1.82, 2.24) is 34.3 Å². The van der Waals surface area contributed by atoms with Gasteiger partial charge in [-0.1, -0.05) is 6.07 Å². The van der Waals surface area contributed by atoms with Crippen LogP contribution in [0, 0.1) is 6.92 Å². The van der Waals surface area contributed by atoms with Crippen LogP contribution in [0.5, 0.6) is 0 Å². The van der Waals surface area contributed by atoms with Gasteiger partial charge < -0.3 is 0 Å². The molecular weight excluding hydrogens is 334 g/mol. The maximum Gasteiger partial charge on any atom is 0.202 e. The molecule has 8 heteroatoms. The predicted molar refractivity (Wildman–Crippen MR) is 96.3 cm³/mol. The van der Waals surface area contributed by atoms with Gasteiger partial charge in [0.2, 0.25) is 5.65 Å². The molecule has 5 aromatic heterocycles. The lowest BCUT2D eigenvalue weighted by Gasteiger charge is -2.04. The topological polar surface area (TPSA) is 73.8 Å². The number of hydrogen-bond donors (Lipinski definition) is 0. The summed E-state index contributed by atoms with van der Waals surface area (Å²) in [6, 6.07) is 9.84. The third-order valence-corrected chi connectivity index (χ3v) is 4.74. The van der Waals surface area contributed by atoms with E-state index < -0.39 is 0 Å². The lowest BCUT2D eigenvalue weighted by molar-refractivity contribution is 0.663. The molecule has 7 nitrogen and oxygen atoms in total. The lowest BCUT2D eigenvalue weighted by Crippen LogP contribution is -1.94. The number of aromatic nitrogens is 7. The standard InChI is InChI=1S/C17H13N7S/c1-10-4-3-5-11(18-10)14-15(24-8-9-25-17(24)20-14)12-6-7-13-16(19-12)22-23(2)21-13/h3-9H,1-2H3. The number of rotatable bonds is 2. The summed E-state index contributed by atoms with van der Waals surface area (Å²) in [6.45, 7) is 1.98. The number of thiazole rings is 1. The molecule has 0 N–H and O–H groups in total. The van der Waals surface area contributed by atoms with E-state index in [4.69, 9.17) is 9.97 Å². The largest absolute Gasteiger partial charge is 0.288 e. The van der Waals surface area contributed by atoms with E-state index in [9.17, 15) is 0 Å². The summed E-state index contributed by atoms with van der Waals surface area (Å²) in [5.74, 6) is 0. The van der Waals surface area contributed by atoms with E-state index in [1.165, 1.54) is 4.80 Å². The molecule has 0 aliphatic heterocycles. The molecule has 25 heavy (non-hydrogen) atoms. The normalized spacial score (nSPS) is 11.6. The van der Waals surface area contributed by atoms with Crippen LogP contribution < -0.4 is 0 Å². The highest BCUT2D eigenvalue weighted by Gasteiger charge is 2.19. The number of hydrogen-bond acceptors (Lipinski definition) is 6. The first-order valence-corrected chi connectivity index (χ1v) is 8.65. The Bertz CT molecular complexity index is 1230. The molecule has 0 amide bonds. The SMILES string of the molecule is Cc1cccc(-c2nc3sccn3c2-c2ccc3nn(C)nc3n2)n1. The number of aryl methyl sites for hydroxylation is 2. The molecule has 0 saturated carbocycles. The molecule has 5 heterocycles. The Morgan fingerprint density at radius 1 is 0.960 bits per heavy atom. The van der Waals surface area contributed by atoms with Gasteiger partial charge in [0.15, 0.2) is 4.96 Å². The second-order valence-electron chi connectivity index (χ2n) is 5.76. The number of pyridine rings is 2. The smallest absolute Gasteiger partial charge is 0.202 e. The van der Waals surface area contributed by atoms with E-state index in [-0.39, 0.29) is 0 Å². The fourth-order valence-electron chi connectivity index (χ4n) is 2.92. The fraction of sp³-hybridized carbons (Fsp3) is 0.118. The maximum atomic E-state index is 4.78. The van der Waals surface area contributed by atoms with Gasteiger partial charge >= 0.3 is 0 Å². The molecule has 0 aromatic carbocycles. The summed E-state index contributed by atoms with van der Waals surface area (Å²) >= 11 is 1.59. The van der Waals surface area contributed by atoms with Crippen LogP contribution in [0.2, 0.25) is 0 Å². The van der Waals surface area contributed by atoms with Crippen LogP contribution >= 0.6 is 11.3 Å². The summed E-state index contributed by atoms with van der Waals surface area (Å²) < 4.78 is 2.05. The Balaban J connectivity index is 1.81. The highest BCUT2D eigenvalue weighted by molar-refractivity contribution is 7.15. The molecule has 0 spiro atoms. The van der Waals surface area contributed by atoms with Gasteiger partial charge in [-0.15, -0.1) is 16.4 Å². The summed E-state index contributed by atoms with van der Waals surface area (Å²) in [6.07, 6.45) is 2.00. The van der Waals surface area contributed by atoms with E-state index in [0.29, 0.717) is 5.65 Å². The molecule has 0 aliphatic carbocycles. The van der Waals surface area contributed by atoms with Gasteiger partial charge in [0.1, 0.15) is 16.9 Å². The second kappa shape index (κ2) is 5.18. The predicted octanol–water partition coefficient (Wildman–Crippen LogP) is 3.11. The van der Waals surface area contributed by atoms with Crippen LogP contribution in [0.15, 0.2) is 41.9 Å². The monoisotopic (exact) mass is 347 g/mol. The second-order valence-corrected chi connectivity index (χ2v) is 6.63. The van der Waals surface area contributed by atoms with Crippen molar-refractivity contribution >= 4 is 27.5 Å². The summed E-state index contributed by atoms with van der Waals surface area (Å²) in [7, 11) is 1.79. The van der Waals surface area contributed by atoms with Crippen molar-refractivity contribution in [2.24, 2.45) is 7.05 Å². The van der Waals surface area contributed by atoms with Crippen LogP contribution in [-0.2, 0) is 7.05 Å².